The van der Waals surface area contributed by atoms with Crippen molar-refractivity contribution >= 4 is 32.7 Å². The molecule has 3 atom stereocenters. The number of benzene rings is 4. The summed E-state index contributed by atoms with van der Waals surface area (Å²) in [5.41, 5.74) is 7.30. The lowest BCUT2D eigenvalue weighted by Gasteiger charge is -2.41. The summed E-state index contributed by atoms with van der Waals surface area (Å²) in [5, 5.41) is 8.44. The molecule has 2 heterocycles. The summed E-state index contributed by atoms with van der Waals surface area (Å²) in [7, 11) is -4.56. The van der Waals surface area contributed by atoms with Gasteiger partial charge in [-0.1, -0.05) is 66.7 Å². The highest BCUT2D eigenvalue weighted by Crippen LogP contribution is 2.40. The van der Waals surface area contributed by atoms with Crippen LogP contribution >= 0.6 is 0 Å². The van der Waals surface area contributed by atoms with E-state index in [0.717, 1.165) is 16.5 Å². The van der Waals surface area contributed by atoms with Crippen LogP contribution in [0.25, 0.3) is 21.9 Å². The molecule has 2 saturated heterocycles. The molecule has 4 aromatic carbocycles. The van der Waals surface area contributed by atoms with Crippen molar-refractivity contribution in [1.82, 2.24) is 9.62 Å². The third-order valence-electron chi connectivity index (χ3n) is 8.99. The summed E-state index contributed by atoms with van der Waals surface area (Å²) in [6.45, 7) is 3.81. The van der Waals surface area contributed by atoms with E-state index in [1.807, 2.05) is 44.2 Å². The van der Waals surface area contributed by atoms with Crippen LogP contribution in [-0.4, -0.2) is 66.7 Å². The van der Waals surface area contributed by atoms with Gasteiger partial charge in [0, 0.05) is 23.7 Å². The molecule has 4 aromatic rings. The van der Waals surface area contributed by atoms with Crippen LogP contribution in [0.4, 0.5) is 22.0 Å². The Kier molecular flexibility index (Phi) is 11.3. The summed E-state index contributed by atoms with van der Waals surface area (Å²) in [5.74, 6) is -6.93. The predicted octanol–water partition coefficient (Wildman–Crippen LogP) is 6.85. The quantitative estimate of drug-likeness (QED) is 0.159. The summed E-state index contributed by atoms with van der Waals surface area (Å²) in [6.07, 6.45) is -2.84. The minimum atomic E-state index is -5.08. The second kappa shape index (κ2) is 15.2. The number of halogens is 5. The van der Waals surface area contributed by atoms with Crippen molar-refractivity contribution in [2.24, 2.45) is 5.73 Å². The number of ether oxygens (including phenoxy) is 1. The number of carboxylic acid groups (broad SMARTS) is 1. The highest BCUT2D eigenvalue weighted by atomic mass is 32.2. The van der Waals surface area contributed by atoms with Crippen LogP contribution in [0, 0.1) is 0 Å². The van der Waals surface area contributed by atoms with Gasteiger partial charge in [0.15, 0.2) is 6.04 Å². The van der Waals surface area contributed by atoms with Crippen LogP contribution in [0.5, 0.6) is 5.75 Å². The molecule has 0 aliphatic carbocycles. The maximum Gasteiger partial charge on any atom is 0.490 e. The standard InChI is InChI=1S/C35H37F2N3O4S.C2HF3O2/c1-22(2)44-31-16-10-26-19-32(17-11-25(26)18-31)45(42,43)39-33(34(41)40-29-14-15-30(40)21-28(38)20-29)35(36,37)27-12-8-24(9-13-27)23-6-4-3-5-7-23;3-2(4,5)1(6)7/h3-13,16-19,22,28-30,33,39H,14-15,20-21,38H2,1-2H3;(H,6,7). The average Bonchev–Trinajstić information content (AvgIpc) is 3.36. The smallest absolute Gasteiger partial charge is 0.490 e. The lowest BCUT2D eigenvalue weighted by molar-refractivity contribution is -0.192. The second-order valence-electron chi connectivity index (χ2n) is 13.1. The largest absolute Gasteiger partial charge is 0.491 e. The van der Waals surface area contributed by atoms with Crippen LogP contribution in [0.1, 0.15) is 45.1 Å². The normalized spacial score (nSPS) is 19.6. The molecule has 2 aliphatic heterocycles. The van der Waals surface area contributed by atoms with Crippen LogP contribution in [0.2, 0.25) is 0 Å². The van der Waals surface area contributed by atoms with Crippen LogP contribution in [-0.2, 0) is 25.5 Å². The number of carboxylic acids is 1. The number of nitrogens with zero attached hydrogens (tertiary/aromatic N) is 1. The topological polar surface area (TPSA) is 139 Å². The van der Waals surface area contributed by atoms with Gasteiger partial charge < -0.3 is 20.5 Å². The lowest BCUT2D eigenvalue weighted by atomic mass is 9.94. The van der Waals surface area contributed by atoms with E-state index in [1.165, 1.54) is 29.2 Å². The van der Waals surface area contributed by atoms with Crippen LogP contribution in [0.15, 0.2) is 95.9 Å². The van der Waals surface area contributed by atoms with Crippen molar-refractivity contribution in [3.8, 4) is 16.9 Å². The fraction of sp³-hybridized carbons (Fsp3) is 0.351. The van der Waals surface area contributed by atoms with Gasteiger partial charge in [0.05, 0.1) is 11.0 Å². The fourth-order valence-electron chi connectivity index (χ4n) is 6.63. The van der Waals surface area contributed by atoms with Gasteiger partial charge in [0.25, 0.3) is 5.92 Å². The molecule has 4 N–H and O–H groups in total. The molecule has 0 spiro atoms. The molecule has 0 aromatic heterocycles. The summed E-state index contributed by atoms with van der Waals surface area (Å²) in [6, 6.07) is 21.4. The van der Waals surface area contributed by atoms with Gasteiger partial charge in [-0.3, -0.25) is 4.79 Å². The van der Waals surface area contributed by atoms with Gasteiger partial charge in [-0.2, -0.15) is 26.7 Å². The van der Waals surface area contributed by atoms with Crippen LogP contribution < -0.4 is 15.2 Å². The van der Waals surface area contributed by atoms with Crippen molar-refractivity contribution in [2.45, 2.75) is 86.8 Å². The molecule has 0 radical (unpaired) electrons. The van der Waals surface area contributed by atoms with Gasteiger partial charge in [0.2, 0.25) is 15.9 Å². The molecule has 0 saturated carbocycles. The number of piperidine rings is 1. The van der Waals surface area contributed by atoms with E-state index >= 15 is 8.78 Å². The van der Waals surface area contributed by atoms with Crippen molar-refractivity contribution in [2.75, 3.05) is 0 Å². The Morgan fingerprint density at radius 3 is 1.94 bits per heavy atom. The number of rotatable bonds is 9. The zero-order valence-electron chi connectivity index (χ0n) is 28.2. The minimum absolute atomic E-state index is 0.0390. The molecule has 2 aliphatic rings. The number of nitrogens with two attached hydrogens (primary N) is 1. The minimum Gasteiger partial charge on any atom is -0.491 e. The molecule has 1 amide bonds. The fourth-order valence-corrected chi connectivity index (χ4v) is 7.85. The van der Waals surface area contributed by atoms with Crippen molar-refractivity contribution in [3.63, 3.8) is 0 Å². The van der Waals surface area contributed by atoms with Gasteiger partial charge >= 0.3 is 12.1 Å². The maximum atomic E-state index is 16.5. The van der Waals surface area contributed by atoms with Crippen molar-refractivity contribution in [1.29, 1.82) is 0 Å². The number of hydrogen-bond donors (Lipinski definition) is 3. The van der Waals surface area contributed by atoms with Crippen LogP contribution in [0.3, 0.4) is 0 Å². The number of hydrogen-bond acceptors (Lipinski definition) is 6. The first kappa shape index (κ1) is 38.6. The van der Waals surface area contributed by atoms with Gasteiger partial charge in [-0.15, -0.1) is 0 Å². The van der Waals surface area contributed by atoms with E-state index in [2.05, 4.69) is 4.72 Å². The Morgan fingerprint density at radius 1 is 0.846 bits per heavy atom. The van der Waals surface area contributed by atoms with Crippen molar-refractivity contribution < 1.29 is 49.8 Å². The maximum absolute atomic E-state index is 16.5. The van der Waals surface area contributed by atoms with E-state index in [9.17, 15) is 26.4 Å². The molecule has 9 nitrogen and oxygen atoms in total. The van der Waals surface area contributed by atoms with E-state index in [-0.39, 0.29) is 29.1 Å². The molecule has 2 bridgehead atoms. The Hall–Kier alpha value is -4.60. The summed E-state index contributed by atoms with van der Waals surface area (Å²) < 4.78 is 100. The number of alkyl halides is 5. The lowest BCUT2D eigenvalue weighted by Crippen LogP contribution is -2.60. The van der Waals surface area contributed by atoms with E-state index in [1.54, 1.807) is 36.4 Å². The van der Waals surface area contributed by atoms with Crippen molar-refractivity contribution in [3.05, 3.63) is 96.6 Å². The Balaban J connectivity index is 0.000000679. The monoisotopic (exact) mass is 747 g/mol. The third-order valence-corrected chi connectivity index (χ3v) is 10.4. The first-order chi connectivity index (χ1) is 24.4. The average molecular weight is 748 g/mol. The molecule has 15 heteroatoms. The van der Waals surface area contributed by atoms with E-state index < -0.39 is 45.6 Å². The third kappa shape index (κ3) is 8.70. The highest BCUT2D eigenvalue weighted by Gasteiger charge is 2.53. The number of amides is 1. The molecular formula is C37H38F5N3O6S. The molecule has 2 fully saturated rings. The first-order valence-electron chi connectivity index (χ1n) is 16.5. The molecule has 278 valence electrons. The van der Waals surface area contributed by atoms with Gasteiger partial charge in [0.1, 0.15) is 5.75 Å². The second-order valence-corrected chi connectivity index (χ2v) is 14.8. The predicted molar refractivity (Wildman–Crippen MR) is 184 cm³/mol. The first-order valence-corrected chi connectivity index (χ1v) is 18.0. The number of aliphatic carboxylic acids is 1. The molecule has 3 unspecified atom stereocenters. The summed E-state index contributed by atoms with van der Waals surface area (Å²) in [4.78, 5) is 24.2. The Labute approximate surface area is 297 Å². The molecular weight excluding hydrogens is 709 g/mol. The number of fused-ring (bicyclic) bond motifs is 3. The number of nitrogens with one attached hydrogen (secondary N) is 1. The number of carbonyl (C=O) groups excluding carboxylic acids is 1. The number of carbonyl (C=O) groups is 2. The molecule has 52 heavy (non-hydrogen) atoms. The van der Waals surface area contributed by atoms with Gasteiger partial charge in [-0.05, 0) is 85.7 Å². The van der Waals surface area contributed by atoms with E-state index in [4.69, 9.17) is 20.4 Å². The zero-order valence-corrected chi connectivity index (χ0v) is 29.0. The van der Waals surface area contributed by atoms with Gasteiger partial charge in [-0.25, -0.2) is 13.2 Å². The number of sulfonamides is 1. The summed E-state index contributed by atoms with van der Waals surface area (Å²) >= 11 is 0. The Morgan fingerprint density at radius 2 is 1.38 bits per heavy atom. The highest BCUT2D eigenvalue weighted by molar-refractivity contribution is 7.89. The Bertz CT molecular complexity index is 2000. The molecule has 6 rings (SSSR count). The zero-order chi connectivity index (χ0) is 38.0. The SMILES string of the molecule is CC(C)Oc1ccc2cc(S(=O)(=O)NC(C(=O)N3C4CCC3CC(N)C4)C(F)(F)c3ccc(-c4ccccc4)cc3)ccc2c1.O=C(O)C(F)(F)F. The van der Waals surface area contributed by atoms with E-state index in [0.29, 0.717) is 36.8 Å².